The fourth-order valence-electron chi connectivity index (χ4n) is 4.71. The normalized spacial score (nSPS) is 44.4. The number of carbonyl (C=O) groups excluding carboxylic acids is 1. The third-order valence-electron chi connectivity index (χ3n) is 5.77. The maximum atomic E-state index is 12.6. The molecule has 0 aromatic carbocycles. The molecule has 3 nitrogen and oxygen atoms in total. The Labute approximate surface area is 115 Å². The smallest absolute Gasteiger partial charge is 0.228 e. The van der Waals surface area contributed by atoms with E-state index in [1.54, 1.807) is 0 Å². The van der Waals surface area contributed by atoms with E-state index in [4.69, 9.17) is 4.74 Å². The van der Waals surface area contributed by atoms with Crippen LogP contribution >= 0.6 is 0 Å². The summed E-state index contributed by atoms with van der Waals surface area (Å²) in [6.45, 7) is 3.50. The van der Waals surface area contributed by atoms with Gasteiger partial charge in [0.2, 0.25) is 5.91 Å². The lowest BCUT2D eigenvalue weighted by Crippen LogP contribution is -2.38. The molecule has 19 heavy (non-hydrogen) atoms. The van der Waals surface area contributed by atoms with Crippen LogP contribution in [0.15, 0.2) is 12.2 Å². The highest BCUT2D eigenvalue weighted by Gasteiger charge is 2.47. The van der Waals surface area contributed by atoms with Crippen LogP contribution in [0, 0.1) is 29.6 Å². The van der Waals surface area contributed by atoms with E-state index < -0.39 is 0 Å². The van der Waals surface area contributed by atoms with Crippen molar-refractivity contribution >= 4 is 5.91 Å². The van der Waals surface area contributed by atoms with Crippen molar-refractivity contribution in [3.8, 4) is 0 Å². The van der Waals surface area contributed by atoms with Gasteiger partial charge in [-0.2, -0.15) is 0 Å². The fraction of sp³-hybridized carbons (Fsp3) is 0.812. The molecular weight excluding hydrogens is 238 g/mol. The Morgan fingerprint density at radius 2 is 1.74 bits per heavy atom. The van der Waals surface area contributed by atoms with E-state index in [0.29, 0.717) is 12.5 Å². The minimum atomic E-state index is 0.138. The maximum absolute atomic E-state index is 12.6. The van der Waals surface area contributed by atoms with Crippen molar-refractivity contribution in [2.45, 2.75) is 25.7 Å². The Kier molecular flexibility index (Phi) is 2.91. The summed E-state index contributed by atoms with van der Waals surface area (Å²) in [5.74, 6) is 3.49. The Hall–Kier alpha value is -0.830. The minimum absolute atomic E-state index is 0.138. The summed E-state index contributed by atoms with van der Waals surface area (Å²) in [5.41, 5.74) is 0. The van der Waals surface area contributed by atoms with Crippen molar-refractivity contribution in [1.29, 1.82) is 0 Å². The molecule has 2 saturated heterocycles. The molecule has 2 heterocycles. The second-order valence-electron chi connectivity index (χ2n) is 6.77. The number of amides is 1. The van der Waals surface area contributed by atoms with Crippen LogP contribution < -0.4 is 0 Å². The molecule has 3 aliphatic carbocycles. The molecule has 0 N–H and O–H groups in total. The SMILES string of the molecule is O=C([C@H]1CCCOC1)N1C[C@@H]2[C@H](C1)[C@H]1C=C[C@H]2CC1. The lowest BCUT2D eigenvalue weighted by Gasteiger charge is -2.40. The summed E-state index contributed by atoms with van der Waals surface area (Å²) in [7, 11) is 0. The highest BCUT2D eigenvalue weighted by molar-refractivity contribution is 5.79. The first-order valence-corrected chi connectivity index (χ1v) is 7.88. The highest BCUT2D eigenvalue weighted by atomic mass is 16.5. The number of ether oxygens (including phenoxy) is 1. The van der Waals surface area contributed by atoms with Gasteiger partial charge in [-0.3, -0.25) is 4.79 Å². The van der Waals surface area contributed by atoms with Crippen molar-refractivity contribution in [3.63, 3.8) is 0 Å². The topological polar surface area (TPSA) is 29.5 Å². The molecule has 1 saturated carbocycles. The quantitative estimate of drug-likeness (QED) is 0.676. The lowest BCUT2D eigenvalue weighted by molar-refractivity contribution is -0.138. The van der Waals surface area contributed by atoms with Crippen LogP contribution in [0.25, 0.3) is 0 Å². The molecule has 3 heteroatoms. The Balaban J connectivity index is 1.46. The van der Waals surface area contributed by atoms with Crippen molar-refractivity contribution in [1.82, 2.24) is 4.90 Å². The number of likely N-dealkylation sites (tertiary alicyclic amines) is 1. The average Bonchev–Trinajstić information content (AvgIpc) is 2.96. The minimum Gasteiger partial charge on any atom is -0.381 e. The molecule has 3 fully saturated rings. The molecule has 0 radical (unpaired) electrons. The van der Waals surface area contributed by atoms with Crippen molar-refractivity contribution in [2.75, 3.05) is 26.3 Å². The van der Waals surface area contributed by atoms with Crippen LogP contribution in [0.1, 0.15) is 25.7 Å². The molecule has 0 unspecified atom stereocenters. The Morgan fingerprint density at radius 1 is 1.05 bits per heavy atom. The zero-order valence-electron chi connectivity index (χ0n) is 11.5. The fourth-order valence-corrected chi connectivity index (χ4v) is 4.71. The number of nitrogens with zero attached hydrogens (tertiary/aromatic N) is 1. The first kappa shape index (κ1) is 12.0. The number of allylic oxidation sites excluding steroid dienone is 2. The standard InChI is InChI=1S/C16H23NO2/c18-16(13-2-1-7-19-10-13)17-8-14-11-3-4-12(6-5-11)15(14)9-17/h3-4,11-15H,1-2,5-10H2/t11-,12-,13-,14-,15+/m0/s1. The van der Waals surface area contributed by atoms with E-state index in [2.05, 4.69) is 17.1 Å². The molecule has 0 spiro atoms. The lowest BCUT2D eigenvalue weighted by atomic mass is 9.64. The first-order chi connectivity index (χ1) is 9.33. The predicted octanol–water partition coefficient (Wildman–Crippen LogP) is 2.08. The molecule has 1 amide bonds. The summed E-state index contributed by atoms with van der Waals surface area (Å²) in [6, 6.07) is 0. The molecule has 2 aliphatic heterocycles. The predicted molar refractivity (Wildman–Crippen MR) is 72.5 cm³/mol. The van der Waals surface area contributed by atoms with E-state index in [9.17, 15) is 4.79 Å². The number of hydrogen-bond acceptors (Lipinski definition) is 2. The maximum Gasteiger partial charge on any atom is 0.228 e. The highest BCUT2D eigenvalue weighted by Crippen LogP contribution is 2.48. The van der Waals surface area contributed by atoms with E-state index in [1.807, 2.05) is 0 Å². The molecular formula is C16H23NO2. The molecule has 0 aromatic rings. The van der Waals surface area contributed by atoms with E-state index in [0.717, 1.165) is 56.2 Å². The van der Waals surface area contributed by atoms with Gasteiger partial charge in [0.1, 0.15) is 0 Å². The van der Waals surface area contributed by atoms with Gasteiger partial charge in [0.25, 0.3) is 0 Å². The van der Waals surface area contributed by atoms with Gasteiger partial charge < -0.3 is 9.64 Å². The van der Waals surface area contributed by atoms with Gasteiger partial charge in [0.05, 0.1) is 12.5 Å². The van der Waals surface area contributed by atoms with E-state index in [-0.39, 0.29) is 5.92 Å². The molecule has 5 atom stereocenters. The van der Waals surface area contributed by atoms with Crippen LogP contribution in [0.4, 0.5) is 0 Å². The zero-order chi connectivity index (χ0) is 12.8. The molecule has 2 bridgehead atoms. The average molecular weight is 261 g/mol. The number of rotatable bonds is 1. The largest absolute Gasteiger partial charge is 0.381 e. The van der Waals surface area contributed by atoms with Gasteiger partial charge in [-0.1, -0.05) is 12.2 Å². The summed E-state index contributed by atoms with van der Waals surface area (Å²) in [4.78, 5) is 14.8. The molecule has 104 valence electrons. The van der Waals surface area contributed by atoms with Gasteiger partial charge in [-0.25, -0.2) is 0 Å². The van der Waals surface area contributed by atoms with Crippen molar-refractivity contribution in [3.05, 3.63) is 12.2 Å². The monoisotopic (exact) mass is 261 g/mol. The van der Waals surface area contributed by atoms with Crippen LogP contribution in [-0.2, 0) is 9.53 Å². The number of carbonyl (C=O) groups is 1. The van der Waals surface area contributed by atoms with E-state index in [1.165, 1.54) is 12.8 Å². The Bertz CT molecular complexity index is 378. The molecule has 5 rings (SSSR count). The van der Waals surface area contributed by atoms with Gasteiger partial charge in [-0.05, 0) is 49.4 Å². The number of fused-ring (bicyclic) bond motifs is 1. The van der Waals surface area contributed by atoms with Gasteiger partial charge in [-0.15, -0.1) is 0 Å². The first-order valence-electron chi connectivity index (χ1n) is 7.88. The van der Waals surface area contributed by atoms with Crippen LogP contribution in [0.5, 0.6) is 0 Å². The summed E-state index contributed by atoms with van der Waals surface area (Å²) >= 11 is 0. The van der Waals surface area contributed by atoms with Crippen molar-refractivity contribution < 1.29 is 9.53 Å². The summed E-state index contributed by atoms with van der Waals surface area (Å²) in [6.07, 6.45) is 9.60. The van der Waals surface area contributed by atoms with Crippen LogP contribution in [0.3, 0.4) is 0 Å². The summed E-state index contributed by atoms with van der Waals surface area (Å²) < 4.78 is 5.48. The second kappa shape index (κ2) is 4.62. The molecule has 5 aliphatic rings. The van der Waals surface area contributed by atoms with Crippen LogP contribution in [0.2, 0.25) is 0 Å². The third kappa shape index (κ3) is 1.94. The third-order valence-corrected chi connectivity index (χ3v) is 5.77. The van der Waals surface area contributed by atoms with E-state index >= 15 is 0 Å². The Morgan fingerprint density at radius 3 is 2.26 bits per heavy atom. The van der Waals surface area contributed by atoms with Gasteiger partial charge in [0.15, 0.2) is 0 Å². The number of hydrogen-bond donors (Lipinski definition) is 0. The van der Waals surface area contributed by atoms with Gasteiger partial charge >= 0.3 is 0 Å². The summed E-state index contributed by atoms with van der Waals surface area (Å²) in [5, 5.41) is 0. The molecule has 0 aromatic heterocycles. The van der Waals surface area contributed by atoms with Gasteiger partial charge in [0, 0.05) is 19.7 Å². The van der Waals surface area contributed by atoms with Crippen molar-refractivity contribution in [2.24, 2.45) is 29.6 Å². The second-order valence-corrected chi connectivity index (χ2v) is 6.77. The van der Waals surface area contributed by atoms with Crippen LogP contribution in [-0.4, -0.2) is 37.1 Å². The zero-order valence-corrected chi connectivity index (χ0v) is 11.5.